The highest BCUT2D eigenvalue weighted by Gasteiger charge is 2.25. The number of H-pyrrole nitrogens is 1. The number of aromatic nitrogens is 4. The van der Waals surface area contributed by atoms with Crippen molar-refractivity contribution in [3.63, 3.8) is 0 Å². The van der Waals surface area contributed by atoms with Crippen molar-refractivity contribution in [2.75, 3.05) is 6.61 Å². The van der Waals surface area contributed by atoms with Gasteiger partial charge in [0.1, 0.15) is 6.61 Å². The van der Waals surface area contributed by atoms with Gasteiger partial charge in [-0.25, -0.2) is 0 Å². The molecule has 15 heavy (non-hydrogen) atoms. The average Bonchev–Trinajstić information content (AvgIpc) is 2.82. The summed E-state index contributed by atoms with van der Waals surface area (Å²) in [4.78, 5) is 0. The molecular weight excluding hydrogens is 196 g/mol. The second-order valence-electron chi connectivity index (χ2n) is 3.13. The van der Waals surface area contributed by atoms with E-state index in [9.17, 15) is 0 Å². The van der Waals surface area contributed by atoms with Crippen molar-refractivity contribution in [1.29, 1.82) is 0 Å². The number of hydrogen-bond acceptors (Lipinski definition) is 5. The van der Waals surface area contributed by atoms with E-state index in [0.717, 1.165) is 5.75 Å². The molecule has 1 N–H and O–H groups in total. The first-order valence-corrected chi connectivity index (χ1v) is 4.55. The van der Waals surface area contributed by atoms with E-state index in [1.807, 2.05) is 24.3 Å². The van der Waals surface area contributed by atoms with Crippen LogP contribution < -0.4 is 9.47 Å². The molecule has 2 aromatic rings. The van der Waals surface area contributed by atoms with Gasteiger partial charge in [0.15, 0.2) is 17.6 Å². The maximum atomic E-state index is 5.67. The zero-order valence-corrected chi connectivity index (χ0v) is 7.75. The molecule has 1 atom stereocenters. The van der Waals surface area contributed by atoms with Crippen molar-refractivity contribution >= 4 is 0 Å². The van der Waals surface area contributed by atoms with Gasteiger partial charge in [0, 0.05) is 0 Å². The molecule has 2 heterocycles. The Morgan fingerprint density at radius 3 is 2.93 bits per heavy atom. The maximum Gasteiger partial charge on any atom is 0.218 e. The minimum atomic E-state index is -0.293. The van der Waals surface area contributed by atoms with Gasteiger partial charge >= 0.3 is 0 Å². The van der Waals surface area contributed by atoms with Gasteiger partial charge in [0.05, 0.1) is 0 Å². The van der Waals surface area contributed by atoms with E-state index in [1.54, 1.807) is 0 Å². The number of ether oxygens (including phenoxy) is 2. The number of tetrazole rings is 1. The van der Waals surface area contributed by atoms with Gasteiger partial charge in [-0.1, -0.05) is 17.3 Å². The van der Waals surface area contributed by atoms with E-state index in [0.29, 0.717) is 18.2 Å². The summed E-state index contributed by atoms with van der Waals surface area (Å²) in [6.45, 7) is 0.399. The molecule has 0 spiro atoms. The molecule has 0 saturated carbocycles. The summed E-state index contributed by atoms with van der Waals surface area (Å²) in [6, 6.07) is 7.50. The largest absolute Gasteiger partial charge is 0.485 e. The van der Waals surface area contributed by atoms with Crippen molar-refractivity contribution in [2.24, 2.45) is 0 Å². The molecule has 0 fully saturated rings. The van der Waals surface area contributed by atoms with E-state index in [1.165, 1.54) is 0 Å². The fourth-order valence-corrected chi connectivity index (χ4v) is 1.45. The van der Waals surface area contributed by atoms with Crippen molar-refractivity contribution < 1.29 is 9.47 Å². The Morgan fingerprint density at radius 2 is 2.13 bits per heavy atom. The van der Waals surface area contributed by atoms with Gasteiger partial charge in [0.2, 0.25) is 5.82 Å². The lowest BCUT2D eigenvalue weighted by atomic mass is 10.2. The zero-order chi connectivity index (χ0) is 10.1. The third kappa shape index (κ3) is 1.39. The molecule has 0 bridgehead atoms. The standard InChI is InChI=1S/C9H8N4O2/c1-2-4-7-6(3-1)14-5-8(15-7)9-10-12-13-11-9/h1-4,8H,5H2,(H,10,11,12,13)/t8-/m0/s1. The van der Waals surface area contributed by atoms with Gasteiger partial charge in [0.25, 0.3) is 0 Å². The van der Waals surface area contributed by atoms with Crippen LogP contribution in [0.25, 0.3) is 0 Å². The molecule has 1 aromatic heterocycles. The van der Waals surface area contributed by atoms with Crippen LogP contribution in [0.5, 0.6) is 11.5 Å². The number of aromatic amines is 1. The van der Waals surface area contributed by atoms with E-state index in [-0.39, 0.29) is 6.10 Å². The Balaban J connectivity index is 1.89. The highest BCUT2D eigenvalue weighted by atomic mass is 16.6. The number of para-hydroxylation sites is 2. The lowest BCUT2D eigenvalue weighted by Gasteiger charge is -2.23. The summed E-state index contributed by atoms with van der Waals surface area (Å²) < 4.78 is 11.2. The van der Waals surface area contributed by atoms with Crippen LogP contribution in [0, 0.1) is 0 Å². The second kappa shape index (κ2) is 3.23. The molecule has 1 aliphatic heterocycles. The molecule has 0 aliphatic carbocycles. The van der Waals surface area contributed by atoms with Crippen molar-refractivity contribution in [2.45, 2.75) is 6.10 Å². The van der Waals surface area contributed by atoms with E-state index < -0.39 is 0 Å². The molecule has 1 aliphatic rings. The Labute approximate surface area is 85.2 Å². The smallest absolute Gasteiger partial charge is 0.218 e. The molecule has 6 nitrogen and oxygen atoms in total. The Hall–Kier alpha value is -2.11. The molecule has 3 rings (SSSR count). The van der Waals surface area contributed by atoms with Crippen LogP contribution in [0.2, 0.25) is 0 Å². The lowest BCUT2D eigenvalue weighted by molar-refractivity contribution is 0.0851. The van der Waals surface area contributed by atoms with Gasteiger partial charge in [-0.3, -0.25) is 0 Å². The normalized spacial score (nSPS) is 18.8. The first-order valence-electron chi connectivity index (χ1n) is 4.55. The Bertz CT molecular complexity index is 457. The summed E-state index contributed by atoms with van der Waals surface area (Å²) in [6.07, 6.45) is -0.293. The fraction of sp³-hybridized carbons (Fsp3) is 0.222. The summed E-state index contributed by atoms with van der Waals surface area (Å²) in [5.74, 6) is 1.96. The van der Waals surface area contributed by atoms with Crippen LogP contribution in [-0.2, 0) is 0 Å². The summed E-state index contributed by atoms with van der Waals surface area (Å²) >= 11 is 0. The molecule has 76 valence electrons. The number of fused-ring (bicyclic) bond motifs is 1. The Morgan fingerprint density at radius 1 is 1.27 bits per heavy atom. The predicted molar refractivity (Wildman–Crippen MR) is 49.5 cm³/mol. The number of nitrogens with one attached hydrogen (secondary N) is 1. The number of hydrogen-bond donors (Lipinski definition) is 1. The minimum Gasteiger partial charge on any atom is -0.485 e. The summed E-state index contributed by atoms with van der Waals surface area (Å²) in [5.41, 5.74) is 0. The number of nitrogens with zero attached hydrogens (tertiary/aromatic N) is 3. The van der Waals surface area contributed by atoms with Gasteiger partial charge in [-0.2, -0.15) is 5.21 Å². The van der Waals surface area contributed by atoms with E-state index in [4.69, 9.17) is 9.47 Å². The maximum absolute atomic E-state index is 5.67. The van der Waals surface area contributed by atoms with E-state index in [2.05, 4.69) is 20.6 Å². The highest BCUT2D eigenvalue weighted by molar-refractivity contribution is 5.40. The van der Waals surface area contributed by atoms with Crippen molar-refractivity contribution in [3.05, 3.63) is 30.1 Å². The van der Waals surface area contributed by atoms with Gasteiger partial charge < -0.3 is 9.47 Å². The van der Waals surface area contributed by atoms with Crippen molar-refractivity contribution in [3.8, 4) is 11.5 Å². The summed E-state index contributed by atoms with van der Waals surface area (Å²) in [5, 5.41) is 13.6. The van der Waals surface area contributed by atoms with Crippen LogP contribution in [0.4, 0.5) is 0 Å². The fourth-order valence-electron chi connectivity index (χ4n) is 1.45. The summed E-state index contributed by atoms with van der Waals surface area (Å²) in [7, 11) is 0. The van der Waals surface area contributed by atoms with Crippen molar-refractivity contribution in [1.82, 2.24) is 20.6 Å². The van der Waals surface area contributed by atoms with Crippen LogP contribution in [-0.4, -0.2) is 27.2 Å². The molecule has 0 amide bonds. The molecular formula is C9H8N4O2. The van der Waals surface area contributed by atoms with Crippen LogP contribution in [0.1, 0.15) is 11.9 Å². The number of rotatable bonds is 1. The molecule has 0 saturated heterocycles. The average molecular weight is 204 g/mol. The monoisotopic (exact) mass is 204 g/mol. The molecule has 6 heteroatoms. The first kappa shape index (κ1) is 8.22. The topological polar surface area (TPSA) is 72.9 Å². The SMILES string of the molecule is c1ccc2c(c1)OC[C@@H](c1nn[nH]n1)O2. The Kier molecular flexibility index (Phi) is 1.77. The minimum absolute atomic E-state index is 0.293. The third-order valence-electron chi connectivity index (χ3n) is 2.16. The highest BCUT2D eigenvalue weighted by Crippen LogP contribution is 2.34. The number of benzene rings is 1. The zero-order valence-electron chi connectivity index (χ0n) is 7.75. The van der Waals surface area contributed by atoms with Crippen LogP contribution in [0.15, 0.2) is 24.3 Å². The van der Waals surface area contributed by atoms with Crippen LogP contribution in [0.3, 0.4) is 0 Å². The van der Waals surface area contributed by atoms with Gasteiger partial charge in [-0.05, 0) is 12.1 Å². The first-order chi connectivity index (χ1) is 7.43. The lowest BCUT2D eigenvalue weighted by Crippen LogP contribution is -2.22. The quantitative estimate of drug-likeness (QED) is 0.740. The molecule has 1 aromatic carbocycles. The van der Waals surface area contributed by atoms with Crippen LogP contribution >= 0.6 is 0 Å². The molecule has 0 unspecified atom stereocenters. The predicted octanol–water partition coefficient (Wildman–Crippen LogP) is 0.712. The van der Waals surface area contributed by atoms with E-state index >= 15 is 0 Å². The molecule has 0 radical (unpaired) electrons. The second-order valence-corrected chi connectivity index (χ2v) is 3.13. The third-order valence-corrected chi connectivity index (χ3v) is 2.16. The van der Waals surface area contributed by atoms with Gasteiger partial charge in [-0.15, -0.1) is 10.2 Å².